The first-order chi connectivity index (χ1) is 13.0. The van der Waals surface area contributed by atoms with Crippen molar-refractivity contribution < 1.29 is 14.1 Å². The minimum absolute atomic E-state index is 0.198. The molecule has 1 heterocycles. The lowest BCUT2D eigenvalue weighted by molar-refractivity contribution is 0.0952. The Morgan fingerprint density at radius 1 is 1.04 bits per heavy atom. The molecule has 2 aromatic carbocycles. The maximum absolute atomic E-state index is 12.2. The van der Waals surface area contributed by atoms with Gasteiger partial charge in [-0.3, -0.25) is 9.59 Å². The average Bonchev–Trinajstić information content (AvgIpc) is 3.06. The highest BCUT2D eigenvalue weighted by molar-refractivity contribution is 6.30. The van der Waals surface area contributed by atoms with E-state index in [9.17, 15) is 9.59 Å². The van der Waals surface area contributed by atoms with E-state index in [-0.39, 0.29) is 11.8 Å². The molecule has 0 spiro atoms. The van der Waals surface area contributed by atoms with E-state index >= 15 is 0 Å². The first-order valence-corrected chi connectivity index (χ1v) is 8.76. The number of rotatable bonds is 6. The quantitative estimate of drug-likeness (QED) is 0.676. The highest BCUT2D eigenvalue weighted by Crippen LogP contribution is 2.12. The van der Waals surface area contributed by atoms with E-state index in [4.69, 9.17) is 16.1 Å². The Bertz CT molecular complexity index is 951. The van der Waals surface area contributed by atoms with E-state index in [1.54, 1.807) is 37.3 Å². The van der Waals surface area contributed by atoms with Crippen LogP contribution in [-0.4, -0.2) is 23.5 Å². The van der Waals surface area contributed by atoms with Gasteiger partial charge in [0.1, 0.15) is 5.76 Å². The number of halogens is 1. The minimum Gasteiger partial charge on any atom is -0.360 e. The highest BCUT2D eigenvalue weighted by atomic mass is 35.5. The standard InChI is InChI=1S/C20H18ClN3O3/c1-13-11-18(24-27-13)23-20(26)16-7-5-15(6-8-16)19(25)22-10-9-14-3-2-4-17(21)12-14/h2-8,11-12H,9-10H2,1H3,(H,22,25)(H,23,24,26). The fraction of sp³-hybridized carbons (Fsp3) is 0.150. The Labute approximate surface area is 161 Å². The molecular formula is C20H18ClN3O3. The lowest BCUT2D eigenvalue weighted by Crippen LogP contribution is -2.25. The summed E-state index contributed by atoms with van der Waals surface area (Å²) in [5.74, 6) is 0.433. The summed E-state index contributed by atoms with van der Waals surface area (Å²) in [6.45, 7) is 2.23. The molecule has 1 aromatic heterocycles. The molecule has 27 heavy (non-hydrogen) atoms. The van der Waals surface area contributed by atoms with Gasteiger partial charge >= 0.3 is 0 Å². The van der Waals surface area contributed by atoms with Crippen LogP contribution in [0.4, 0.5) is 5.82 Å². The fourth-order valence-electron chi connectivity index (χ4n) is 2.50. The van der Waals surface area contributed by atoms with Gasteiger partial charge in [-0.1, -0.05) is 28.9 Å². The summed E-state index contributed by atoms with van der Waals surface area (Å²) in [6, 6.07) is 15.5. The summed E-state index contributed by atoms with van der Waals surface area (Å²) in [4.78, 5) is 24.4. The molecule has 138 valence electrons. The number of aryl methyl sites for hydroxylation is 1. The van der Waals surface area contributed by atoms with Crippen LogP contribution in [0.15, 0.2) is 59.1 Å². The zero-order valence-electron chi connectivity index (χ0n) is 14.7. The summed E-state index contributed by atoms with van der Waals surface area (Å²) < 4.78 is 4.90. The van der Waals surface area contributed by atoms with E-state index in [1.165, 1.54) is 0 Å². The van der Waals surface area contributed by atoms with Gasteiger partial charge in [0.2, 0.25) is 0 Å². The first-order valence-electron chi connectivity index (χ1n) is 8.38. The maximum Gasteiger partial charge on any atom is 0.256 e. The largest absolute Gasteiger partial charge is 0.360 e. The second-order valence-corrected chi connectivity index (χ2v) is 6.43. The number of nitrogens with zero attached hydrogens (tertiary/aromatic N) is 1. The number of anilines is 1. The normalized spacial score (nSPS) is 10.4. The van der Waals surface area contributed by atoms with Crippen molar-refractivity contribution in [3.05, 3.63) is 82.1 Å². The third-order valence-corrected chi connectivity index (χ3v) is 4.10. The molecule has 0 unspecified atom stereocenters. The Morgan fingerprint density at radius 3 is 2.37 bits per heavy atom. The molecule has 0 atom stereocenters. The molecular weight excluding hydrogens is 366 g/mol. The molecule has 0 radical (unpaired) electrons. The van der Waals surface area contributed by atoms with Gasteiger partial charge < -0.3 is 15.2 Å². The number of aromatic nitrogens is 1. The van der Waals surface area contributed by atoms with Crippen LogP contribution in [0.2, 0.25) is 5.02 Å². The number of hydrogen-bond donors (Lipinski definition) is 2. The SMILES string of the molecule is Cc1cc(NC(=O)c2ccc(C(=O)NCCc3cccc(Cl)c3)cc2)no1. The van der Waals surface area contributed by atoms with Crippen LogP contribution in [0.3, 0.4) is 0 Å². The van der Waals surface area contributed by atoms with E-state index < -0.39 is 0 Å². The van der Waals surface area contributed by atoms with E-state index in [2.05, 4.69) is 15.8 Å². The van der Waals surface area contributed by atoms with Gasteiger partial charge in [-0.05, 0) is 55.3 Å². The highest BCUT2D eigenvalue weighted by Gasteiger charge is 2.11. The summed E-state index contributed by atoms with van der Waals surface area (Å²) >= 11 is 5.95. The molecule has 2 N–H and O–H groups in total. The molecule has 0 bridgehead atoms. The van der Waals surface area contributed by atoms with E-state index in [1.807, 2.05) is 24.3 Å². The topological polar surface area (TPSA) is 84.2 Å². The van der Waals surface area contributed by atoms with Gasteiger partial charge in [0.15, 0.2) is 5.82 Å². The van der Waals surface area contributed by atoms with Crippen LogP contribution < -0.4 is 10.6 Å². The van der Waals surface area contributed by atoms with Gasteiger partial charge in [-0.25, -0.2) is 0 Å². The molecule has 3 aromatic rings. The molecule has 0 saturated heterocycles. The zero-order valence-corrected chi connectivity index (χ0v) is 15.4. The Kier molecular flexibility index (Phi) is 5.88. The van der Waals surface area contributed by atoms with Crippen LogP contribution in [0.1, 0.15) is 32.0 Å². The van der Waals surface area contributed by atoms with Gasteiger partial charge in [0, 0.05) is 28.8 Å². The van der Waals surface area contributed by atoms with Gasteiger partial charge in [0.05, 0.1) is 0 Å². The molecule has 0 aliphatic carbocycles. The van der Waals surface area contributed by atoms with Crippen LogP contribution in [0, 0.1) is 6.92 Å². The molecule has 0 aliphatic heterocycles. The van der Waals surface area contributed by atoms with Crippen LogP contribution in [0.5, 0.6) is 0 Å². The second-order valence-electron chi connectivity index (χ2n) is 5.99. The van der Waals surface area contributed by atoms with E-state index in [0.717, 1.165) is 5.56 Å². The molecule has 2 amide bonds. The van der Waals surface area contributed by atoms with Gasteiger partial charge in [-0.15, -0.1) is 0 Å². The van der Waals surface area contributed by atoms with E-state index in [0.29, 0.717) is 40.7 Å². The first kappa shape index (κ1) is 18.7. The number of benzene rings is 2. The fourth-order valence-corrected chi connectivity index (χ4v) is 2.71. The van der Waals surface area contributed by atoms with Crippen molar-refractivity contribution in [2.24, 2.45) is 0 Å². The number of hydrogen-bond acceptors (Lipinski definition) is 4. The molecule has 0 saturated carbocycles. The summed E-state index contributed by atoms with van der Waals surface area (Å²) in [7, 11) is 0. The van der Waals surface area contributed by atoms with Crippen LogP contribution in [-0.2, 0) is 6.42 Å². The number of carbonyl (C=O) groups excluding carboxylic acids is 2. The Morgan fingerprint density at radius 2 is 1.74 bits per heavy atom. The van der Waals surface area contributed by atoms with Crippen molar-refractivity contribution in [2.75, 3.05) is 11.9 Å². The van der Waals surface area contributed by atoms with Crippen molar-refractivity contribution in [1.82, 2.24) is 10.5 Å². The third-order valence-electron chi connectivity index (χ3n) is 3.87. The maximum atomic E-state index is 12.2. The summed E-state index contributed by atoms with van der Waals surface area (Å²) in [5.41, 5.74) is 1.96. The number of nitrogens with one attached hydrogen (secondary N) is 2. The van der Waals surface area contributed by atoms with Crippen LogP contribution >= 0.6 is 11.6 Å². The Balaban J connectivity index is 1.53. The predicted octanol–water partition coefficient (Wildman–Crippen LogP) is 3.86. The number of carbonyl (C=O) groups is 2. The summed E-state index contributed by atoms with van der Waals surface area (Å²) in [6.07, 6.45) is 0.684. The van der Waals surface area contributed by atoms with Crippen molar-refractivity contribution in [3.63, 3.8) is 0 Å². The van der Waals surface area contributed by atoms with Crippen molar-refractivity contribution in [3.8, 4) is 0 Å². The monoisotopic (exact) mass is 383 g/mol. The van der Waals surface area contributed by atoms with Crippen molar-refractivity contribution >= 4 is 29.2 Å². The average molecular weight is 384 g/mol. The molecule has 0 aliphatic rings. The zero-order chi connectivity index (χ0) is 19.2. The second kappa shape index (κ2) is 8.51. The molecule has 6 nitrogen and oxygen atoms in total. The lowest BCUT2D eigenvalue weighted by Gasteiger charge is -2.07. The van der Waals surface area contributed by atoms with Crippen molar-refractivity contribution in [2.45, 2.75) is 13.3 Å². The van der Waals surface area contributed by atoms with Gasteiger partial charge in [0.25, 0.3) is 11.8 Å². The minimum atomic E-state index is -0.323. The van der Waals surface area contributed by atoms with Crippen LogP contribution in [0.25, 0.3) is 0 Å². The smallest absolute Gasteiger partial charge is 0.256 e. The van der Waals surface area contributed by atoms with Crippen molar-refractivity contribution in [1.29, 1.82) is 0 Å². The number of amides is 2. The van der Waals surface area contributed by atoms with Gasteiger partial charge in [-0.2, -0.15) is 0 Å². The molecule has 0 fully saturated rings. The predicted molar refractivity (Wildman–Crippen MR) is 103 cm³/mol. The Hall–Kier alpha value is -3.12. The third kappa shape index (κ3) is 5.18. The summed E-state index contributed by atoms with van der Waals surface area (Å²) in [5, 5.41) is 9.87. The lowest BCUT2D eigenvalue weighted by atomic mass is 10.1. The molecule has 3 rings (SSSR count). The molecule has 7 heteroatoms.